The maximum absolute atomic E-state index is 10.7. The van der Waals surface area contributed by atoms with Crippen LogP contribution in [0.15, 0.2) is 35.1 Å². The van der Waals surface area contributed by atoms with Gasteiger partial charge in [0.05, 0.1) is 4.92 Å². The molecule has 0 aliphatic heterocycles. The molecule has 1 heterocycles. The molecule has 0 bridgehead atoms. The highest BCUT2D eigenvalue weighted by Gasteiger charge is 2.10. The third kappa shape index (κ3) is 3.59. The van der Waals surface area contributed by atoms with E-state index in [1.165, 1.54) is 12.4 Å². The van der Waals surface area contributed by atoms with E-state index in [0.29, 0.717) is 18.9 Å². The Labute approximate surface area is 109 Å². The molecule has 0 saturated heterocycles. The number of hydrogen-bond donors (Lipinski definition) is 1. The molecule has 7 heteroatoms. The van der Waals surface area contributed by atoms with Crippen molar-refractivity contribution in [2.45, 2.75) is 19.4 Å². The molecule has 19 heavy (non-hydrogen) atoms. The van der Waals surface area contributed by atoms with Crippen LogP contribution >= 0.6 is 0 Å². The van der Waals surface area contributed by atoms with E-state index in [-0.39, 0.29) is 11.7 Å². The molecule has 0 aliphatic rings. The van der Waals surface area contributed by atoms with Crippen molar-refractivity contribution < 1.29 is 9.45 Å². The van der Waals surface area contributed by atoms with Crippen LogP contribution in [0, 0.1) is 10.1 Å². The number of hydrogen-bond acceptors (Lipinski definition) is 6. The molecule has 0 aliphatic carbocycles. The highest BCUT2D eigenvalue weighted by molar-refractivity contribution is 5.35. The van der Waals surface area contributed by atoms with Gasteiger partial charge in [0.25, 0.3) is 5.69 Å². The molecule has 0 amide bonds. The van der Waals surface area contributed by atoms with Gasteiger partial charge < -0.3 is 9.84 Å². The molecule has 1 N–H and O–H groups in total. The molecule has 1 aromatic carbocycles. The Morgan fingerprint density at radius 3 is 3.05 bits per heavy atom. The van der Waals surface area contributed by atoms with Gasteiger partial charge >= 0.3 is 0 Å². The first-order valence-electron chi connectivity index (χ1n) is 5.90. The van der Waals surface area contributed by atoms with Gasteiger partial charge in [-0.3, -0.25) is 10.1 Å². The molecule has 0 fully saturated rings. The van der Waals surface area contributed by atoms with Crippen LogP contribution in [0.1, 0.15) is 24.4 Å². The van der Waals surface area contributed by atoms with Crippen LogP contribution in [0.25, 0.3) is 0 Å². The number of nitro groups is 1. The fourth-order valence-electron chi connectivity index (χ4n) is 1.73. The molecular formula is C12H14N4O3. The van der Waals surface area contributed by atoms with Gasteiger partial charge in [0.15, 0.2) is 6.33 Å². The first-order chi connectivity index (χ1) is 9.16. The number of aromatic nitrogens is 2. The van der Waals surface area contributed by atoms with E-state index in [4.69, 9.17) is 4.52 Å². The summed E-state index contributed by atoms with van der Waals surface area (Å²) in [5, 5.41) is 17.5. The van der Waals surface area contributed by atoms with Gasteiger partial charge in [0, 0.05) is 31.1 Å². The van der Waals surface area contributed by atoms with Crippen molar-refractivity contribution in [1.82, 2.24) is 15.5 Å². The van der Waals surface area contributed by atoms with Crippen LogP contribution in [0.2, 0.25) is 0 Å². The van der Waals surface area contributed by atoms with Crippen LogP contribution in [0.3, 0.4) is 0 Å². The Bertz CT molecular complexity index is 542. The average molecular weight is 262 g/mol. The van der Waals surface area contributed by atoms with Gasteiger partial charge in [-0.2, -0.15) is 4.98 Å². The third-order valence-corrected chi connectivity index (χ3v) is 2.78. The van der Waals surface area contributed by atoms with E-state index in [0.717, 1.165) is 5.56 Å². The van der Waals surface area contributed by atoms with Crippen molar-refractivity contribution in [3.8, 4) is 0 Å². The molecule has 1 aromatic heterocycles. The molecule has 7 nitrogen and oxygen atoms in total. The Hall–Kier alpha value is -2.28. The predicted octanol–water partition coefficient (Wildman–Crippen LogP) is 1.87. The average Bonchev–Trinajstić information content (AvgIpc) is 2.92. The summed E-state index contributed by atoms with van der Waals surface area (Å²) < 4.78 is 4.88. The normalized spacial score (nSPS) is 12.3. The molecule has 2 rings (SSSR count). The molecule has 0 radical (unpaired) electrons. The predicted molar refractivity (Wildman–Crippen MR) is 67.5 cm³/mol. The van der Waals surface area contributed by atoms with Crippen molar-refractivity contribution in [2.24, 2.45) is 0 Å². The lowest BCUT2D eigenvalue weighted by Crippen LogP contribution is -2.21. The third-order valence-electron chi connectivity index (χ3n) is 2.78. The first-order valence-corrected chi connectivity index (χ1v) is 5.90. The van der Waals surface area contributed by atoms with Crippen molar-refractivity contribution in [1.29, 1.82) is 0 Å². The molecular weight excluding hydrogens is 248 g/mol. The maximum Gasteiger partial charge on any atom is 0.269 e. The summed E-state index contributed by atoms with van der Waals surface area (Å²) in [5.41, 5.74) is 0.975. The van der Waals surface area contributed by atoms with Crippen molar-refractivity contribution >= 4 is 5.69 Å². The number of rotatable bonds is 6. The summed E-state index contributed by atoms with van der Waals surface area (Å²) >= 11 is 0. The lowest BCUT2D eigenvalue weighted by atomic mass is 10.1. The monoisotopic (exact) mass is 262 g/mol. The zero-order valence-corrected chi connectivity index (χ0v) is 10.4. The summed E-state index contributed by atoms with van der Waals surface area (Å²) in [6.45, 7) is 2.61. The fraction of sp³-hybridized carbons (Fsp3) is 0.333. The minimum Gasteiger partial charge on any atom is -0.340 e. The Morgan fingerprint density at radius 2 is 2.37 bits per heavy atom. The van der Waals surface area contributed by atoms with E-state index >= 15 is 0 Å². The molecule has 1 unspecified atom stereocenters. The molecule has 2 aromatic rings. The van der Waals surface area contributed by atoms with E-state index in [2.05, 4.69) is 15.5 Å². The number of nitro benzene ring substituents is 1. The van der Waals surface area contributed by atoms with Crippen LogP contribution in [0.5, 0.6) is 0 Å². The zero-order valence-electron chi connectivity index (χ0n) is 10.4. The van der Waals surface area contributed by atoms with Gasteiger partial charge in [-0.25, -0.2) is 0 Å². The summed E-state index contributed by atoms with van der Waals surface area (Å²) in [5.74, 6) is 0.568. The summed E-state index contributed by atoms with van der Waals surface area (Å²) in [6.07, 6.45) is 1.98. The highest BCUT2D eigenvalue weighted by Crippen LogP contribution is 2.18. The summed E-state index contributed by atoms with van der Waals surface area (Å²) in [4.78, 5) is 14.2. The van der Waals surface area contributed by atoms with E-state index in [9.17, 15) is 10.1 Å². The van der Waals surface area contributed by atoms with Crippen LogP contribution < -0.4 is 5.32 Å². The molecule has 0 spiro atoms. The summed E-state index contributed by atoms with van der Waals surface area (Å²) in [7, 11) is 0. The minimum atomic E-state index is -0.394. The maximum atomic E-state index is 10.7. The van der Waals surface area contributed by atoms with Crippen LogP contribution in [0.4, 0.5) is 5.69 Å². The topological polar surface area (TPSA) is 94.1 Å². The van der Waals surface area contributed by atoms with E-state index in [1.807, 2.05) is 13.0 Å². The standard InChI is InChI=1S/C12H14N4O3/c1-9(13-6-5-12-14-8-15-19-12)10-3-2-4-11(7-10)16(17)18/h2-4,7-9,13H,5-6H2,1H3. The number of non-ortho nitro benzene ring substituents is 1. The van der Waals surface area contributed by atoms with Crippen molar-refractivity contribution in [3.63, 3.8) is 0 Å². The van der Waals surface area contributed by atoms with Crippen LogP contribution in [-0.4, -0.2) is 21.6 Å². The second-order valence-corrected chi connectivity index (χ2v) is 4.11. The molecule has 1 atom stereocenters. The largest absolute Gasteiger partial charge is 0.340 e. The van der Waals surface area contributed by atoms with Crippen molar-refractivity contribution in [2.75, 3.05) is 6.54 Å². The van der Waals surface area contributed by atoms with Gasteiger partial charge in [0.1, 0.15) is 0 Å². The second kappa shape index (κ2) is 6.05. The lowest BCUT2D eigenvalue weighted by molar-refractivity contribution is -0.384. The lowest BCUT2D eigenvalue weighted by Gasteiger charge is -2.13. The number of nitrogens with zero attached hydrogens (tertiary/aromatic N) is 3. The van der Waals surface area contributed by atoms with Crippen molar-refractivity contribution in [3.05, 3.63) is 52.2 Å². The van der Waals surface area contributed by atoms with E-state index in [1.54, 1.807) is 12.1 Å². The molecule has 0 saturated carbocycles. The van der Waals surface area contributed by atoms with Gasteiger partial charge in [0.2, 0.25) is 5.89 Å². The fourth-order valence-corrected chi connectivity index (χ4v) is 1.73. The van der Waals surface area contributed by atoms with Gasteiger partial charge in [-0.15, -0.1) is 0 Å². The Morgan fingerprint density at radius 1 is 1.53 bits per heavy atom. The Balaban J connectivity index is 1.90. The zero-order chi connectivity index (χ0) is 13.7. The van der Waals surface area contributed by atoms with Gasteiger partial charge in [-0.05, 0) is 12.5 Å². The smallest absolute Gasteiger partial charge is 0.269 e. The molecule has 100 valence electrons. The number of nitrogens with one attached hydrogen (secondary N) is 1. The Kier molecular flexibility index (Phi) is 4.19. The van der Waals surface area contributed by atoms with Crippen LogP contribution in [-0.2, 0) is 6.42 Å². The van der Waals surface area contributed by atoms with Gasteiger partial charge in [-0.1, -0.05) is 17.3 Å². The highest BCUT2D eigenvalue weighted by atomic mass is 16.6. The summed E-state index contributed by atoms with van der Waals surface area (Å²) in [6, 6.07) is 6.61. The minimum absolute atomic E-state index is 0.0165. The van der Waals surface area contributed by atoms with E-state index < -0.39 is 4.92 Å². The second-order valence-electron chi connectivity index (χ2n) is 4.11. The first kappa shape index (κ1) is 13.2. The number of benzene rings is 1. The SMILES string of the molecule is CC(NCCc1ncno1)c1cccc([N+](=O)[O-])c1. The quantitative estimate of drug-likeness (QED) is 0.630.